The summed E-state index contributed by atoms with van der Waals surface area (Å²) in [5, 5.41) is 12.2. The minimum absolute atomic E-state index is 0.0743. The van der Waals surface area contributed by atoms with Gasteiger partial charge >= 0.3 is 0 Å². The number of carbonyl (C=O) groups is 1. The van der Waals surface area contributed by atoms with Crippen molar-refractivity contribution in [1.29, 1.82) is 0 Å². The molecule has 0 saturated heterocycles. The number of nitrogens with one attached hydrogen (secondary N) is 1. The molecule has 0 aliphatic heterocycles. The summed E-state index contributed by atoms with van der Waals surface area (Å²) in [6.45, 7) is 0.895. The Hall–Kier alpha value is -2.40. The molecule has 4 N–H and O–H groups in total. The smallest absolute Gasteiger partial charge is 0.255 e. The average molecular weight is 288 g/mol. The van der Waals surface area contributed by atoms with E-state index in [0.717, 1.165) is 35.7 Å². The fourth-order valence-electron chi connectivity index (χ4n) is 1.96. The number of hydrogen-bond donors (Lipinski definition) is 3. The molecule has 2 rings (SSSR count). The van der Waals surface area contributed by atoms with Crippen LogP contribution in [-0.2, 0) is 13.0 Å². The van der Waals surface area contributed by atoms with Crippen molar-refractivity contribution in [3.63, 3.8) is 0 Å². The molecule has 0 aliphatic carbocycles. The van der Waals surface area contributed by atoms with Gasteiger partial charge in [0.25, 0.3) is 5.91 Å². The fourth-order valence-corrected chi connectivity index (χ4v) is 1.96. The zero-order valence-electron chi connectivity index (χ0n) is 11.5. The molecule has 0 aromatic heterocycles. The third-order valence-electron chi connectivity index (χ3n) is 3.11. The van der Waals surface area contributed by atoms with E-state index in [1.165, 1.54) is 0 Å². The van der Waals surface area contributed by atoms with Crippen LogP contribution in [0.2, 0.25) is 0 Å². The van der Waals surface area contributed by atoms with Gasteiger partial charge in [-0.2, -0.15) is 0 Å². The van der Waals surface area contributed by atoms with E-state index < -0.39 is 11.7 Å². The van der Waals surface area contributed by atoms with E-state index in [1.807, 2.05) is 24.3 Å². The van der Waals surface area contributed by atoms with E-state index in [9.17, 15) is 14.3 Å². The summed E-state index contributed by atoms with van der Waals surface area (Å²) in [6, 6.07) is 11.0. The molecule has 5 heteroatoms. The lowest BCUT2D eigenvalue weighted by Gasteiger charge is -2.08. The molecule has 1 amide bonds. The van der Waals surface area contributed by atoms with E-state index in [4.69, 9.17) is 5.73 Å². The second kappa shape index (κ2) is 6.85. The minimum Gasteiger partial charge on any atom is -0.507 e. The van der Waals surface area contributed by atoms with E-state index in [0.29, 0.717) is 13.1 Å². The van der Waals surface area contributed by atoms with Gasteiger partial charge in [-0.3, -0.25) is 4.79 Å². The second-order valence-corrected chi connectivity index (χ2v) is 4.70. The lowest BCUT2D eigenvalue weighted by atomic mass is 10.1. The summed E-state index contributed by atoms with van der Waals surface area (Å²) in [4.78, 5) is 11.9. The zero-order chi connectivity index (χ0) is 15.2. The fraction of sp³-hybridized carbons (Fsp3) is 0.188. The maximum absolute atomic E-state index is 13.1. The minimum atomic E-state index is -0.566. The van der Waals surface area contributed by atoms with Crippen LogP contribution in [0.3, 0.4) is 0 Å². The summed E-state index contributed by atoms with van der Waals surface area (Å²) >= 11 is 0. The number of aromatic hydroxyl groups is 1. The van der Waals surface area contributed by atoms with Crippen LogP contribution in [0.4, 0.5) is 4.39 Å². The highest BCUT2D eigenvalue weighted by Gasteiger charge is 2.11. The molecule has 0 aliphatic rings. The van der Waals surface area contributed by atoms with Gasteiger partial charge in [0.15, 0.2) is 0 Å². The molecule has 0 bridgehead atoms. The van der Waals surface area contributed by atoms with Crippen molar-refractivity contribution in [2.45, 2.75) is 13.0 Å². The van der Waals surface area contributed by atoms with Gasteiger partial charge in [-0.05, 0) is 42.3 Å². The zero-order valence-corrected chi connectivity index (χ0v) is 11.5. The van der Waals surface area contributed by atoms with Gasteiger partial charge in [0.1, 0.15) is 11.6 Å². The molecule has 0 fully saturated rings. The Labute approximate surface area is 122 Å². The first-order valence-corrected chi connectivity index (χ1v) is 6.65. The first-order valence-electron chi connectivity index (χ1n) is 6.65. The number of phenols is 1. The Kier molecular flexibility index (Phi) is 4.90. The first kappa shape index (κ1) is 15.0. The molecular formula is C16H17FN2O2. The Morgan fingerprint density at radius 2 is 1.81 bits per heavy atom. The molecule has 0 atom stereocenters. The molecular weight excluding hydrogens is 271 g/mol. The van der Waals surface area contributed by atoms with Crippen LogP contribution in [-0.4, -0.2) is 17.6 Å². The molecule has 0 saturated carbocycles. The number of carbonyl (C=O) groups excluding carboxylic acids is 1. The number of amides is 1. The first-order chi connectivity index (χ1) is 10.1. The standard InChI is InChI=1S/C16H17FN2O2/c17-13-5-6-15(20)14(9-13)16(21)19-10-12-3-1-11(2-4-12)7-8-18/h1-6,9,20H,7-8,10,18H2,(H,19,21). The molecule has 21 heavy (non-hydrogen) atoms. The van der Waals surface area contributed by atoms with Gasteiger partial charge in [-0.25, -0.2) is 4.39 Å². The van der Waals surface area contributed by atoms with Gasteiger partial charge in [0.05, 0.1) is 5.56 Å². The quantitative estimate of drug-likeness (QED) is 0.787. The van der Waals surface area contributed by atoms with Crippen LogP contribution >= 0.6 is 0 Å². The van der Waals surface area contributed by atoms with Crippen LogP contribution in [0.5, 0.6) is 5.75 Å². The maximum Gasteiger partial charge on any atom is 0.255 e. The summed E-state index contributed by atoms with van der Waals surface area (Å²) in [7, 11) is 0. The van der Waals surface area contributed by atoms with Crippen molar-refractivity contribution in [3.05, 3.63) is 65.0 Å². The van der Waals surface area contributed by atoms with Gasteiger partial charge in [0, 0.05) is 6.54 Å². The molecule has 0 heterocycles. The third kappa shape index (κ3) is 4.03. The van der Waals surface area contributed by atoms with Crippen LogP contribution in [0.25, 0.3) is 0 Å². The SMILES string of the molecule is NCCc1ccc(CNC(=O)c2cc(F)ccc2O)cc1. The second-order valence-electron chi connectivity index (χ2n) is 4.70. The average Bonchev–Trinajstić information content (AvgIpc) is 2.49. The van der Waals surface area contributed by atoms with Crippen molar-refractivity contribution in [1.82, 2.24) is 5.32 Å². The van der Waals surface area contributed by atoms with Crippen molar-refractivity contribution in [2.75, 3.05) is 6.54 Å². The van der Waals surface area contributed by atoms with Crippen molar-refractivity contribution in [3.8, 4) is 5.75 Å². The molecule has 4 nitrogen and oxygen atoms in total. The van der Waals surface area contributed by atoms with Gasteiger partial charge < -0.3 is 16.2 Å². The number of hydrogen-bond acceptors (Lipinski definition) is 3. The highest BCUT2D eigenvalue weighted by molar-refractivity contribution is 5.96. The molecule has 0 spiro atoms. The van der Waals surface area contributed by atoms with Crippen LogP contribution < -0.4 is 11.1 Å². The number of nitrogens with two attached hydrogens (primary N) is 1. The monoisotopic (exact) mass is 288 g/mol. The molecule has 110 valence electrons. The van der Waals surface area contributed by atoms with Crippen LogP contribution in [0.1, 0.15) is 21.5 Å². The van der Waals surface area contributed by atoms with Gasteiger partial charge in [-0.15, -0.1) is 0 Å². The third-order valence-corrected chi connectivity index (χ3v) is 3.11. The molecule has 0 unspecified atom stereocenters. The normalized spacial score (nSPS) is 10.4. The van der Waals surface area contributed by atoms with Crippen LogP contribution in [0, 0.1) is 5.82 Å². The van der Waals surface area contributed by atoms with Crippen molar-refractivity contribution < 1.29 is 14.3 Å². The summed E-state index contributed by atoms with van der Waals surface area (Å²) in [5.41, 5.74) is 7.45. The predicted molar refractivity (Wildman–Crippen MR) is 78.4 cm³/mol. The predicted octanol–water partition coefficient (Wildman–Crippen LogP) is 1.96. The summed E-state index contributed by atoms with van der Waals surface area (Å²) in [6.07, 6.45) is 0.809. The Bertz CT molecular complexity index is 627. The molecule has 2 aromatic rings. The largest absolute Gasteiger partial charge is 0.507 e. The number of rotatable bonds is 5. The van der Waals surface area contributed by atoms with Gasteiger partial charge in [0.2, 0.25) is 0 Å². The van der Waals surface area contributed by atoms with E-state index >= 15 is 0 Å². The summed E-state index contributed by atoms with van der Waals surface area (Å²) in [5.74, 6) is -1.32. The lowest BCUT2D eigenvalue weighted by molar-refractivity contribution is 0.0947. The highest BCUT2D eigenvalue weighted by Crippen LogP contribution is 2.17. The lowest BCUT2D eigenvalue weighted by Crippen LogP contribution is -2.23. The van der Waals surface area contributed by atoms with Crippen molar-refractivity contribution in [2.24, 2.45) is 5.73 Å². The van der Waals surface area contributed by atoms with Crippen LogP contribution in [0.15, 0.2) is 42.5 Å². The van der Waals surface area contributed by atoms with Gasteiger partial charge in [-0.1, -0.05) is 24.3 Å². The highest BCUT2D eigenvalue weighted by atomic mass is 19.1. The summed E-state index contributed by atoms with van der Waals surface area (Å²) < 4.78 is 13.1. The number of halogens is 1. The van der Waals surface area contributed by atoms with E-state index in [1.54, 1.807) is 0 Å². The van der Waals surface area contributed by atoms with Crippen molar-refractivity contribution >= 4 is 5.91 Å². The van der Waals surface area contributed by atoms with E-state index in [2.05, 4.69) is 5.32 Å². The molecule has 0 radical (unpaired) electrons. The number of benzene rings is 2. The maximum atomic E-state index is 13.1. The Morgan fingerprint density at radius 1 is 1.14 bits per heavy atom. The topological polar surface area (TPSA) is 75.3 Å². The Morgan fingerprint density at radius 3 is 2.48 bits per heavy atom. The Balaban J connectivity index is 1.99. The molecule has 2 aromatic carbocycles. The van der Waals surface area contributed by atoms with E-state index in [-0.39, 0.29) is 11.3 Å². The number of phenolic OH excluding ortho intramolecular Hbond substituents is 1.